The van der Waals surface area contributed by atoms with E-state index in [0.29, 0.717) is 0 Å². The third-order valence-corrected chi connectivity index (χ3v) is 0. The SMILES string of the molecule is O.O.O.O.O.SS.[H-].[H-].[Na+].[Na+]. The minimum atomic E-state index is 0. The van der Waals surface area contributed by atoms with Gasteiger partial charge in [-0.15, -0.1) is 23.3 Å². The molecule has 10 N–H and O–H groups in total. The van der Waals surface area contributed by atoms with Crippen molar-refractivity contribution in [3.05, 3.63) is 0 Å². The van der Waals surface area contributed by atoms with Gasteiger partial charge in [-0.05, 0) is 0 Å². The average Bonchev–Trinajstić information content (AvgIpc) is 1.00. The van der Waals surface area contributed by atoms with E-state index in [0.717, 1.165) is 0 Å². The van der Waals surface area contributed by atoms with Crippen molar-refractivity contribution < 1.29 is 89.3 Å². The summed E-state index contributed by atoms with van der Waals surface area (Å²) in [6, 6.07) is 0. The molecule has 0 atom stereocenters. The van der Waals surface area contributed by atoms with Crippen molar-refractivity contribution in [2.45, 2.75) is 0 Å². The van der Waals surface area contributed by atoms with Crippen LogP contribution in [0.1, 0.15) is 2.85 Å². The molecule has 5 nitrogen and oxygen atoms in total. The van der Waals surface area contributed by atoms with E-state index in [2.05, 4.69) is 23.3 Å². The van der Waals surface area contributed by atoms with Crippen LogP contribution in [0, 0.1) is 0 Å². The fourth-order valence-electron chi connectivity index (χ4n) is 0. The third-order valence-electron chi connectivity index (χ3n) is 0. The van der Waals surface area contributed by atoms with Gasteiger partial charge in [-0.2, -0.15) is 0 Å². The predicted octanol–water partition coefficient (Wildman–Crippen LogP) is -9.13. The quantitative estimate of drug-likeness (QED) is 0.218. The van der Waals surface area contributed by atoms with E-state index in [4.69, 9.17) is 0 Å². The number of thiol groups is 2. The van der Waals surface area contributed by atoms with Crippen LogP contribution in [-0.2, 0) is 0 Å². The van der Waals surface area contributed by atoms with Crippen LogP contribution in [-0.4, -0.2) is 27.4 Å². The molecular formula is H14Na2O5S2. The van der Waals surface area contributed by atoms with Gasteiger partial charge in [-0.25, -0.2) is 0 Å². The Morgan fingerprint density at radius 1 is 0.556 bits per heavy atom. The summed E-state index contributed by atoms with van der Waals surface area (Å²) in [5, 5.41) is 0. The number of hydrogen-bond donors (Lipinski definition) is 2. The first-order chi connectivity index (χ1) is 1.00. The molecule has 0 aromatic rings. The average molecular weight is 204 g/mol. The Kier molecular flexibility index (Phi) is 1740. The van der Waals surface area contributed by atoms with Crippen LogP contribution >= 0.6 is 23.3 Å². The molecule has 0 saturated heterocycles. The van der Waals surface area contributed by atoms with Crippen molar-refractivity contribution in [2.75, 3.05) is 0 Å². The minimum Gasteiger partial charge on any atom is -1.00 e. The van der Waals surface area contributed by atoms with Gasteiger partial charge in [0.05, 0.1) is 0 Å². The fraction of sp³-hybridized carbons (Fsp3) is 0. The molecule has 0 bridgehead atoms. The Bertz CT molecular complexity index is 20.4. The molecule has 0 aliphatic carbocycles. The second-order valence-corrected chi connectivity index (χ2v) is 0. The topological polar surface area (TPSA) is 158 Å². The molecule has 0 aromatic heterocycles. The van der Waals surface area contributed by atoms with Gasteiger partial charge in [0.25, 0.3) is 0 Å². The summed E-state index contributed by atoms with van der Waals surface area (Å²) in [4.78, 5) is 0. The van der Waals surface area contributed by atoms with Crippen LogP contribution in [0.2, 0.25) is 0 Å². The first-order valence-electron chi connectivity index (χ1n) is 0.200. The Hall–Kier alpha value is 2.50. The third kappa shape index (κ3) is 121. The van der Waals surface area contributed by atoms with Crippen LogP contribution in [0.4, 0.5) is 0 Å². The van der Waals surface area contributed by atoms with Gasteiger partial charge in [0.1, 0.15) is 0 Å². The van der Waals surface area contributed by atoms with E-state index in [9.17, 15) is 0 Å². The van der Waals surface area contributed by atoms with Crippen LogP contribution < -0.4 is 59.1 Å². The Labute approximate surface area is 111 Å². The minimum absolute atomic E-state index is 0. The molecule has 0 aromatic carbocycles. The summed E-state index contributed by atoms with van der Waals surface area (Å²) in [6.07, 6.45) is 0. The predicted molar refractivity (Wildman–Crippen MR) is 38.3 cm³/mol. The zero-order valence-electron chi connectivity index (χ0n) is 7.39. The second-order valence-electron chi connectivity index (χ2n) is 0. The van der Waals surface area contributed by atoms with Crippen molar-refractivity contribution >= 4 is 23.3 Å². The molecule has 0 aliphatic rings. The molecule has 58 valence electrons. The molecular weight excluding hydrogens is 190 g/mol. The maximum Gasteiger partial charge on any atom is 1.00 e. The van der Waals surface area contributed by atoms with Crippen molar-refractivity contribution in [2.24, 2.45) is 0 Å². The van der Waals surface area contributed by atoms with E-state index < -0.39 is 0 Å². The molecule has 9 heavy (non-hydrogen) atoms. The normalized spacial score (nSPS) is 0.667. The molecule has 0 unspecified atom stereocenters. The first kappa shape index (κ1) is 104. The summed E-state index contributed by atoms with van der Waals surface area (Å²) < 4.78 is 0. The van der Waals surface area contributed by atoms with Gasteiger partial charge < -0.3 is 30.2 Å². The number of rotatable bonds is 0. The molecule has 0 amide bonds. The molecule has 9 heteroatoms. The van der Waals surface area contributed by atoms with Crippen LogP contribution in [0.5, 0.6) is 0 Å². The van der Waals surface area contributed by atoms with Crippen LogP contribution in [0.3, 0.4) is 0 Å². The van der Waals surface area contributed by atoms with Gasteiger partial charge in [-0.1, -0.05) is 0 Å². The van der Waals surface area contributed by atoms with E-state index in [1.807, 2.05) is 0 Å². The Morgan fingerprint density at radius 2 is 0.556 bits per heavy atom. The summed E-state index contributed by atoms with van der Waals surface area (Å²) >= 11 is 6.44. The molecule has 0 spiro atoms. The van der Waals surface area contributed by atoms with Gasteiger partial charge in [0.2, 0.25) is 0 Å². The summed E-state index contributed by atoms with van der Waals surface area (Å²) in [5.41, 5.74) is 0. The van der Waals surface area contributed by atoms with Crippen molar-refractivity contribution in [3.8, 4) is 0 Å². The molecule has 0 rings (SSSR count). The first-order valence-corrected chi connectivity index (χ1v) is 1.80. The van der Waals surface area contributed by atoms with E-state index in [1.54, 1.807) is 0 Å². The van der Waals surface area contributed by atoms with Crippen molar-refractivity contribution in [3.63, 3.8) is 0 Å². The van der Waals surface area contributed by atoms with Crippen LogP contribution in [0.15, 0.2) is 0 Å². The van der Waals surface area contributed by atoms with Gasteiger partial charge >= 0.3 is 59.1 Å². The molecule has 0 aliphatic heterocycles. The molecule has 0 heterocycles. The monoisotopic (exact) mass is 204 g/mol. The molecule has 0 fully saturated rings. The fourth-order valence-corrected chi connectivity index (χ4v) is 0. The maximum absolute atomic E-state index is 3.22. The van der Waals surface area contributed by atoms with Gasteiger partial charge in [0.15, 0.2) is 0 Å². The van der Waals surface area contributed by atoms with E-state index in [-0.39, 0.29) is 89.3 Å². The summed E-state index contributed by atoms with van der Waals surface area (Å²) in [5.74, 6) is 0. The van der Waals surface area contributed by atoms with E-state index >= 15 is 0 Å². The van der Waals surface area contributed by atoms with E-state index in [1.165, 1.54) is 0 Å². The Balaban J connectivity index is -0.000000000139. The summed E-state index contributed by atoms with van der Waals surface area (Å²) in [6.45, 7) is 0. The second kappa shape index (κ2) is 152. The zero-order valence-corrected chi connectivity index (χ0v) is 11.2. The smallest absolute Gasteiger partial charge is 1.00 e. The Morgan fingerprint density at radius 3 is 0.556 bits per heavy atom. The van der Waals surface area contributed by atoms with Crippen molar-refractivity contribution in [1.82, 2.24) is 0 Å². The molecule has 0 saturated carbocycles. The van der Waals surface area contributed by atoms with Crippen molar-refractivity contribution in [1.29, 1.82) is 0 Å². The zero-order chi connectivity index (χ0) is 2.00. The van der Waals surface area contributed by atoms with Crippen LogP contribution in [0.25, 0.3) is 0 Å². The standard InChI is InChI=1S/2Na.5H2O.H2S2.2H/c;;;;;;;1-2;;/h;;5*1H2;1-2H;;/q2*+1;;;;;;;2*-1. The summed E-state index contributed by atoms with van der Waals surface area (Å²) in [7, 11) is 0. The maximum atomic E-state index is 3.22. The molecule has 0 radical (unpaired) electrons. The largest absolute Gasteiger partial charge is 1.00 e. The van der Waals surface area contributed by atoms with Gasteiger partial charge in [-0.3, -0.25) is 0 Å². The number of hydrogen-bond acceptors (Lipinski definition) is 2. The van der Waals surface area contributed by atoms with Gasteiger partial charge in [0, 0.05) is 0 Å².